The third-order valence-electron chi connectivity index (χ3n) is 2.92. The average molecular weight is 278 g/mol. The van der Waals surface area contributed by atoms with Gasteiger partial charge in [0.1, 0.15) is 0 Å². The Labute approximate surface area is 117 Å². The fourth-order valence-corrected chi connectivity index (χ4v) is 2.72. The van der Waals surface area contributed by atoms with Crippen LogP contribution >= 0.6 is 0 Å². The van der Waals surface area contributed by atoms with Crippen molar-refractivity contribution in [3.05, 3.63) is 30.3 Å². The highest BCUT2D eigenvalue weighted by atomic mass is 32.2. The molecule has 0 saturated carbocycles. The van der Waals surface area contributed by atoms with E-state index in [2.05, 4.69) is 18.1 Å². The number of hydrogen-bond acceptors (Lipinski definition) is 2. The topological polar surface area (TPSA) is 34.1 Å². The van der Waals surface area contributed by atoms with E-state index in [0.717, 1.165) is 12.8 Å². The van der Waals surface area contributed by atoms with E-state index in [1.807, 2.05) is 0 Å². The van der Waals surface area contributed by atoms with Crippen molar-refractivity contribution in [3.8, 4) is 11.2 Å². The first-order valence-electron chi connectivity index (χ1n) is 6.96. The molecular weight excluding hydrogens is 256 g/mol. The lowest BCUT2D eigenvalue weighted by molar-refractivity contribution is 0.605. The van der Waals surface area contributed by atoms with Gasteiger partial charge in [0.25, 0.3) is 0 Å². The molecule has 0 unspecified atom stereocenters. The van der Waals surface area contributed by atoms with Crippen molar-refractivity contribution in [3.63, 3.8) is 0 Å². The van der Waals surface area contributed by atoms with Crippen LogP contribution in [0.15, 0.2) is 35.2 Å². The zero-order valence-electron chi connectivity index (χ0n) is 11.6. The maximum Gasteiger partial charge on any atom is 0.245 e. The standard InChI is InChI=1S/C16H22O2S/c1-2-3-4-5-6-7-8-12-15-19(17,18)16-13-10-9-11-14-16/h9-11,13-14H,2-8H2,1H3. The Hall–Kier alpha value is -1.27. The Kier molecular flexibility index (Phi) is 7.28. The van der Waals surface area contributed by atoms with Gasteiger partial charge in [0.05, 0.1) is 4.90 Å². The predicted octanol–water partition coefficient (Wildman–Crippen LogP) is 4.17. The first-order valence-corrected chi connectivity index (χ1v) is 8.45. The fraction of sp³-hybridized carbons (Fsp3) is 0.500. The molecule has 0 aliphatic heterocycles. The fourth-order valence-electron chi connectivity index (χ4n) is 1.80. The third-order valence-corrected chi connectivity index (χ3v) is 4.22. The summed E-state index contributed by atoms with van der Waals surface area (Å²) in [6, 6.07) is 8.37. The van der Waals surface area contributed by atoms with E-state index < -0.39 is 9.84 Å². The molecule has 3 heteroatoms. The molecule has 104 valence electrons. The molecule has 0 aromatic heterocycles. The van der Waals surface area contributed by atoms with Gasteiger partial charge in [-0.3, -0.25) is 0 Å². The minimum atomic E-state index is -3.42. The van der Waals surface area contributed by atoms with Crippen LogP contribution in [0.3, 0.4) is 0 Å². The molecule has 2 nitrogen and oxygen atoms in total. The highest BCUT2D eigenvalue weighted by Crippen LogP contribution is 2.09. The molecule has 0 N–H and O–H groups in total. The molecule has 0 heterocycles. The van der Waals surface area contributed by atoms with Gasteiger partial charge in [-0.05, 0) is 18.6 Å². The predicted molar refractivity (Wildman–Crippen MR) is 79.4 cm³/mol. The van der Waals surface area contributed by atoms with E-state index in [1.54, 1.807) is 30.3 Å². The van der Waals surface area contributed by atoms with E-state index in [4.69, 9.17) is 0 Å². The quantitative estimate of drug-likeness (QED) is 0.426. The molecule has 0 radical (unpaired) electrons. The third kappa shape index (κ3) is 6.45. The molecule has 0 aliphatic carbocycles. The second-order valence-corrected chi connectivity index (χ2v) is 6.30. The number of rotatable bonds is 7. The van der Waals surface area contributed by atoms with Gasteiger partial charge < -0.3 is 0 Å². The summed E-state index contributed by atoms with van der Waals surface area (Å²) in [5.41, 5.74) is 0. The Morgan fingerprint density at radius 2 is 1.58 bits per heavy atom. The molecule has 1 rings (SSSR count). The van der Waals surface area contributed by atoms with Crippen LogP contribution in [0.5, 0.6) is 0 Å². The average Bonchev–Trinajstić information content (AvgIpc) is 2.43. The minimum Gasteiger partial charge on any atom is -0.210 e. The van der Waals surface area contributed by atoms with E-state index in [0.29, 0.717) is 6.42 Å². The van der Waals surface area contributed by atoms with Gasteiger partial charge in [0.15, 0.2) is 0 Å². The largest absolute Gasteiger partial charge is 0.245 e. The lowest BCUT2D eigenvalue weighted by Crippen LogP contribution is -1.95. The Bertz CT molecular complexity index is 507. The summed E-state index contributed by atoms with van der Waals surface area (Å²) in [5.74, 6) is 2.78. The maximum atomic E-state index is 11.8. The monoisotopic (exact) mass is 278 g/mol. The van der Waals surface area contributed by atoms with E-state index in [9.17, 15) is 8.42 Å². The van der Waals surface area contributed by atoms with Crippen LogP contribution < -0.4 is 0 Å². The molecular formula is C16H22O2S. The lowest BCUT2D eigenvalue weighted by atomic mass is 10.1. The summed E-state index contributed by atoms with van der Waals surface area (Å²) < 4.78 is 23.7. The van der Waals surface area contributed by atoms with Crippen molar-refractivity contribution in [2.24, 2.45) is 0 Å². The first kappa shape index (κ1) is 15.8. The van der Waals surface area contributed by atoms with E-state index in [-0.39, 0.29) is 4.90 Å². The van der Waals surface area contributed by atoms with Gasteiger partial charge >= 0.3 is 0 Å². The molecule has 0 amide bonds. The summed E-state index contributed by atoms with van der Waals surface area (Å²) in [4.78, 5) is 0.283. The minimum absolute atomic E-state index is 0.283. The summed E-state index contributed by atoms with van der Waals surface area (Å²) in [7, 11) is -3.42. The summed E-state index contributed by atoms with van der Waals surface area (Å²) in [6.07, 6.45) is 7.82. The molecule has 0 spiro atoms. The highest BCUT2D eigenvalue weighted by Gasteiger charge is 2.08. The zero-order valence-corrected chi connectivity index (χ0v) is 12.4. The molecule has 19 heavy (non-hydrogen) atoms. The van der Waals surface area contributed by atoms with Gasteiger partial charge in [0, 0.05) is 11.7 Å². The van der Waals surface area contributed by atoms with Crippen LogP contribution in [-0.4, -0.2) is 8.42 Å². The van der Waals surface area contributed by atoms with Crippen molar-refractivity contribution < 1.29 is 8.42 Å². The first-order chi connectivity index (χ1) is 9.17. The normalized spacial score (nSPS) is 10.8. The van der Waals surface area contributed by atoms with Crippen molar-refractivity contribution in [1.29, 1.82) is 0 Å². The molecule has 1 aromatic rings. The second kappa shape index (κ2) is 8.77. The van der Waals surface area contributed by atoms with Crippen LogP contribution in [0.2, 0.25) is 0 Å². The van der Waals surface area contributed by atoms with Crippen LogP contribution in [-0.2, 0) is 9.84 Å². The van der Waals surface area contributed by atoms with E-state index in [1.165, 1.54) is 25.7 Å². The number of benzene rings is 1. The van der Waals surface area contributed by atoms with Crippen molar-refractivity contribution in [1.82, 2.24) is 0 Å². The molecule has 0 fully saturated rings. The van der Waals surface area contributed by atoms with Gasteiger partial charge in [-0.15, -0.1) is 0 Å². The van der Waals surface area contributed by atoms with Crippen LogP contribution in [0, 0.1) is 11.2 Å². The zero-order chi connectivity index (χ0) is 14.0. The van der Waals surface area contributed by atoms with Crippen LogP contribution in [0.1, 0.15) is 51.9 Å². The van der Waals surface area contributed by atoms with Gasteiger partial charge in [0.2, 0.25) is 9.84 Å². The summed E-state index contributed by atoms with van der Waals surface area (Å²) in [5, 5.41) is 2.40. The molecule has 0 aliphatic rings. The summed E-state index contributed by atoms with van der Waals surface area (Å²) >= 11 is 0. The Balaban J connectivity index is 2.34. The molecule has 1 aromatic carbocycles. The Morgan fingerprint density at radius 3 is 2.26 bits per heavy atom. The highest BCUT2D eigenvalue weighted by molar-refractivity contribution is 7.96. The second-order valence-electron chi connectivity index (χ2n) is 4.61. The Morgan fingerprint density at radius 1 is 0.947 bits per heavy atom. The van der Waals surface area contributed by atoms with Gasteiger partial charge in [-0.2, -0.15) is 0 Å². The number of sulfone groups is 1. The van der Waals surface area contributed by atoms with E-state index >= 15 is 0 Å². The maximum absolute atomic E-state index is 11.8. The van der Waals surface area contributed by atoms with Crippen molar-refractivity contribution in [2.45, 2.75) is 56.8 Å². The summed E-state index contributed by atoms with van der Waals surface area (Å²) in [6.45, 7) is 2.19. The van der Waals surface area contributed by atoms with Crippen molar-refractivity contribution in [2.75, 3.05) is 0 Å². The van der Waals surface area contributed by atoms with Crippen LogP contribution in [0.4, 0.5) is 0 Å². The lowest BCUT2D eigenvalue weighted by Gasteiger charge is -1.97. The number of hydrogen-bond donors (Lipinski definition) is 0. The van der Waals surface area contributed by atoms with Gasteiger partial charge in [-0.1, -0.05) is 63.1 Å². The molecule has 0 atom stereocenters. The molecule has 0 bridgehead atoms. The number of unbranched alkanes of at least 4 members (excludes halogenated alkanes) is 6. The smallest absolute Gasteiger partial charge is 0.210 e. The van der Waals surface area contributed by atoms with Crippen LogP contribution in [0.25, 0.3) is 0 Å². The molecule has 0 saturated heterocycles. The van der Waals surface area contributed by atoms with Crippen molar-refractivity contribution >= 4 is 9.84 Å². The SMILES string of the molecule is CCCCCCCCC#CS(=O)(=O)c1ccccc1. The van der Waals surface area contributed by atoms with Gasteiger partial charge in [-0.25, -0.2) is 8.42 Å².